The predicted octanol–water partition coefficient (Wildman–Crippen LogP) is 8.38. The normalized spacial score (nSPS) is 11.6. The van der Waals surface area contributed by atoms with Gasteiger partial charge in [0.05, 0.1) is 27.4 Å². The van der Waals surface area contributed by atoms with Crippen LogP contribution in [0.4, 0.5) is 4.39 Å². The van der Waals surface area contributed by atoms with Crippen molar-refractivity contribution in [1.82, 2.24) is 8.96 Å². The van der Waals surface area contributed by atoms with Gasteiger partial charge in [0.1, 0.15) is 5.82 Å². The van der Waals surface area contributed by atoms with Crippen LogP contribution in [0.15, 0.2) is 108 Å². The Kier molecular flexibility index (Phi) is 7.12. The number of benzene rings is 4. The molecule has 4 aromatic carbocycles. The first-order valence-electron chi connectivity index (χ1n) is 13.3. The molecule has 2 aromatic heterocycles. The zero-order chi connectivity index (χ0) is 30.5. The zero-order valence-electron chi connectivity index (χ0n) is 23.0. The van der Waals surface area contributed by atoms with Gasteiger partial charge in [0.25, 0.3) is 10.0 Å². The third-order valence-corrected chi connectivity index (χ3v) is 9.40. The molecule has 0 amide bonds. The summed E-state index contributed by atoms with van der Waals surface area (Å²) < 4.78 is 45.0. The Hall–Kier alpha value is -4.79. The maximum absolute atomic E-state index is 14.8. The predicted molar refractivity (Wildman–Crippen MR) is 166 cm³/mol. The van der Waals surface area contributed by atoms with Crippen molar-refractivity contribution in [1.29, 1.82) is 0 Å². The lowest BCUT2D eigenvalue weighted by molar-refractivity contribution is 0.0697. The number of rotatable bonds is 6. The average molecular weight is 611 g/mol. The fourth-order valence-corrected chi connectivity index (χ4v) is 7.10. The summed E-state index contributed by atoms with van der Waals surface area (Å²) in [5.74, 6) is -1.62. The van der Waals surface area contributed by atoms with Crippen LogP contribution < -0.4 is 0 Å². The smallest absolute Gasteiger partial charge is 0.335 e. The van der Waals surface area contributed by atoms with E-state index in [0.717, 1.165) is 11.1 Å². The molecular formula is C34H24ClFN2O4S. The molecule has 6 rings (SSSR count). The topological polar surface area (TPSA) is 89.3 Å². The first-order valence-corrected chi connectivity index (χ1v) is 15.1. The Morgan fingerprint density at radius 3 is 2.33 bits per heavy atom. The van der Waals surface area contributed by atoms with Crippen LogP contribution in [0.5, 0.6) is 0 Å². The minimum Gasteiger partial charge on any atom is -0.478 e. The van der Waals surface area contributed by atoms with Crippen molar-refractivity contribution in [2.24, 2.45) is 0 Å². The average Bonchev–Trinajstić information content (AvgIpc) is 3.32. The van der Waals surface area contributed by atoms with Gasteiger partial charge in [-0.25, -0.2) is 21.6 Å². The second kappa shape index (κ2) is 10.8. The lowest BCUT2D eigenvalue weighted by atomic mass is 9.96. The van der Waals surface area contributed by atoms with E-state index in [9.17, 15) is 22.7 Å². The number of hydrogen-bond donors (Lipinski definition) is 1. The highest BCUT2D eigenvalue weighted by molar-refractivity contribution is 7.90. The van der Waals surface area contributed by atoms with Crippen molar-refractivity contribution in [3.8, 4) is 33.6 Å². The SMILES string of the molecule is Cc1ccc(S(=O)(=O)n2c(-c3cccc(-c4ccc(C(=O)O)cc4Cl)c3)c(-c3ncccc3C)c3cc(F)ccc32)cc1. The molecule has 0 radical (unpaired) electrons. The molecule has 0 saturated carbocycles. The molecular weight excluding hydrogens is 587 g/mol. The van der Waals surface area contributed by atoms with Crippen molar-refractivity contribution in [3.63, 3.8) is 0 Å². The quantitative estimate of drug-likeness (QED) is 0.205. The maximum atomic E-state index is 14.8. The Morgan fingerprint density at radius 2 is 1.63 bits per heavy atom. The number of hydrogen-bond acceptors (Lipinski definition) is 4. The van der Waals surface area contributed by atoms with E-state index in [1.54, 1.807) is 66.9 Å². The summed E-state index contributed by atoms with van der Waals surface area (Å²) >= 11 is 6.52. The van der Waals surface area contributed by atoms with Crippen molar-refractivity contribution in [2.75, 3.05) is 0 Å². The van der Waals surface area contributed by atoms with Gasteiger partial charge in [-0.05, 0) is 79.6 Å². The first kappa shape index (κ1) is 28.3. The van der Waals surface area contributed by atoms with Crippen LogP contribution in [0.2, 0.25) is 5.02 Å². The van der Waals surface area contributed by atoms with Crippen LogP contribution in [0, 0.1) is 19.7 Å². The number of pyridine rings is 1. The Labute approximate surface area is 252 Å². The fourth-order valence-electron chi connectivity index (χ4n) is 5.27. The highest BCUT2D eigenvalue weighted by Gasteiger charge is 2.30. The van der Waals surface area contributed by atoms with Gasteiger partial charge in [0, 0.05) is 33.3 Å². The first-order chi connectivity index (χ1) is 20.6. The molecule has 0 aliphatic carbocycles. The van der Waals surface area contributed by atoms with E-state index >= 15 is 0 Å². The summed E-state index contributed by atoms with van der Waals surface area (Å²) in [5, 5.41) is 10.00. The molecule has 9 heteroatoms. The molecule has 0 saturated heterocycles. The van der Waals surface area contributed by atoms with Crippen molar-refractivity contribution in [2.45, 2.75) is 18.7 Å². The van der Waals surface area contributed by atoms with E-state index in [0.29, 0.717) is 44.5 Å². The van der Waals surface area contributed by atoms with Gasteiger partial charge in [-0.3, -0.25) is 4.98 Å². The highest BCUT2D eigenvalue weighted by atomic mass is 35.5. The number of aromatic carboxylic acids is 1. The second-order valence-corrected chi connectivity index (χ2v) is 12.4. The standard InChI is InChI=1S/C34H24ClFN2O4S/c1-20-8-12-26(13-9-20)43(41,42)38-30-15-11-25(36)19-28(30)31(32-21(2)5-4-16-37-32)33(38)23-7-3-6-22(17-23)27-14-10-24(34(39)40)18-29(27)35/h3-19H,1-2H3,(H,39,40). The molecule has 2 heterocycles. The summed E-state index contributed by atoms with van der Waals surface area (Å²) in [6, 6.07) is 25.8. The number of aromatic nitrogens is 2. The van der Waals surface area contributed by atoms with Crippen LogP contribution in [0.3, 0.4) is 0 Å². The molecule has 0 aliphatic rings. The zero-order valence-corrected chi connectivity index (χ0v) is 24.6. The second-order valence-electron chi connectivity index (χ2n) is 10.2. The van der Waals surface area contributed by atoms with E-state index < -0.39 is 21.8 Å². The van der Waals surface area contributed by atoms with E-state index in [1.165, 1.54) is 34.3 Å². The van der Waals surface area contributed by atoms with E-state index in [-0.39, 0.29) is 15.5 Å². The number of nitrogens with zero attached hydrogens (tertiary/aromatic N) is 2. The third-order valence-electron chi connectivity index (χ3n) is 7.36. The lowest BCUT2D eigenvalue weighted by Gasteiger charge is -2.15. The highest BCUT2D eigenvalue weighted by Crippen LogP contribution is 2.44. The number of carbonyl (C=O) groups is 1. The van der Waals surface area contributed by atoms with E-state index in [1.807, 2.05) is 19.9 Å². The molecule has 43 heavy (non-hydrogen) atoms. The molecule has 6 aromatic rings. The molecule has 0 aliphatic heterocycles. The number of halogens is 2. The molecule has 6 nitrogen and oxygen atoms in total. The number of carboxylic acids is 1. The van der Waals surface area contributed by atoms with Gasteiger partial charge in [0.15, 0.2) is 0 Å². The molecule has 0 unspecified atom stereocenters. The van der Waals surface area contributed by atoms with E-state index in [2.05, 4.69) is 4.98 Å². The molecule has 0 bridgehead atoms. The maximum Gasteiger partial charge on any atom is 0.335 e. The van der Waals surface area contributed by atoms with Gasteiger partial charge >= 0.3 is 5.97 Å². The molecule has 214 valence electrons. The molecule has 0 fully saturated rings. The lowest BCUT2D eigenvalue weighted by Crippen LogP contribution is -2.14. The van der Waals surface area contributed by atoms with E-state index in [4.69, 9.17) is 11.6 Å². The summed E-state index contributed by atoms with van der Waals surface area (Å²) in [7, 11) is -4.20. The monoisotopic (exact) mass is 610 g/mol. The molecule has 1 N–H and O–H groups in total. The largest absolute Gasteiger partial charge is 0.478 e. The van der Waals surface area contributed by atoms with Crippen LogP contribution >= 0.6 is 11.6 Å². The van der Waals surface area contributed by atoms with Crippen molar-refractivity contribution < 1.29 is 22.7 Å². The minimum absolute atomic E-state index is 0.0455. The Balaban J connectivity index is 1.72. The Bertz CT molecular complexity index is 2170. The van der Waals surface area contributed by atoms with Crippen molar-refractivity contribution in [3.05, 3.63) is 131 Å². The number of fused-ring (bicyclic) bond motifs is 1. The number of aryl methyl sites for hydroxylation is 2. The molecule has 0 atom stereocenters. The number of carboxylic acid groups (broad SMARTS) is 1. The van der Waals surface area contributed by atoms with Crippen LogP contribution in [-0.2, 0) is 10.0 Å². The minimum atomic E-state index is -4.20. The van der Waals surface area contributed by atoms with Gasteiger partial charge in [-0.2, -0.15) is 0 Å². The summed E-state index contributed by atoms with van der Waals surface area (Å²) in [5.41, 5.74) is 5.04. The summed E-state index contributed by atoms with van der Waals surface area (Å²) in [4.78, 5) is 16.2. The summed E-state index contributed by atoms with van der Waals surface area (Å²) in [6.45, 7) is 3.74. The Morgan fingerprint density at radius 1 is 0.884 bits per heavy atom. The van der Waals surface area contributed by atoms with Gasteiger partial charge in [-0.15, -0.1) is 0 Å². The van der Waals surface area contributed by atoms with Crippen LogP contribution in [0.25, 0.3) is 44.5 Å². The fraction of sp³-hybridized carbons (Fsp3) is 0.0588. The van der Waals surface area contributed by atoms with Crippen LogP contribution in [0.1, 0.15) is 21.5 Å². The third kappa shape index (κ3) is 4.98. The van der Waals surface area contributed by atoms with Crippen molar-refractivity contribution >= 4 is 38.5 Å². The van der Waals surface area contributed by atoms with Gasteiger partial charge < -0.3 is 5.11 Å². The van der Waals surface area contributed by atoms with Gasteiger partial charge in [0.2, 0.25) is 0 Å². The summed E-state index contributed by atoms with van der Waals surface area (Å²) in [6.07, 6.45) is 1.61. The van der Waals surface area contributed by atoms with Gasteiger partial charge in [-0.1, -0.05) is 59.6 Å². The van der Waals surface area contributed by atoms with Crippen LogP contribution in [-0.4, -0.2) is 28.5 Å². The molecule has 0 spiro atoms.